The Balaban J connectivity index is 1.33. The van der Waals surface area contributed by atoms with E-state index in [2.05, 4.69) is 79.1 Å². The third-order valence-electron chi connectivity index (χ3n) is 9.91. The zero-order chi connectivity index (χ0) is 34.0. The molecule has 0 unspecified atom stereocenters. The van der Waals surface area contributed by atoms with E-state index in [1.807, 2.05) is 78.9 Å². The lowest BCUT2D eigenvalue weighted by Gasteiger charge is -2.24. The van der Waals surface area contributed by atoms with Crippen molar-refractivity contribution < 1.29 is 0 Å². The van der Waals surface area contributed by atoms with Crippen molar-refractivity contribution in [3.05, 3.63) is 156 Å². The Morgan fingerprint density at radius 3 is 1.82 bits per heavy atom. The van der Waals surface area contributed by atoms with Crippen molar-refractivity contribution in [2.24, 2.45) is 0 Å². The standard InChI is InChI=1S/C44H28N6/c1-44(2)36-19-11-9-17-31(36)33-21-22-34-32-18-10-12-20-37(32)50(40(34)39(33)44)38-24-29(25-45)35(23-30(38)26-46)43-48-41(27-13-5-3-6-14-27)47-42(49-43)28-15-7-4-8-16-28/h3-24H,1-2H3. The van der Waals surface area contributed by atoms with E-state index in [-0.39, 0.29) is 5.41 Å². The van der Waals surface area contributed by atoms with E-state index in [0.717, 1.165) is 32.9 Å². The Kier molecular flexibility index (Phi) is 6.49. The molecule has 9 rings (SSSR count). The summed E-state index contributed by atoms with van der Waals surface area (Å²) in [5.74, 6) is 1.30. The van der Waals surface area contributed by atoms with Gasteiger partial charge in [-0.05, 0) is 40.5 Å². The predicted molar refractivity (Wildman–Crippen MR) is 197 cm³/mol. The van der Waals surface area contributed by atoms with Crippen LogP contribution in [0.5, 0.6) is 0 Å². The topological polar surface area (TPSA) is 91.2 Å². The molecule has 0 atom stereocenters. The van der Waals surface area contributed by atoms with E-state index in [4.69, 9.17) is 15.0 Å². The maximum absolute atomic E-state index is 10.8. The predicted octanol–water partition coefficient (Wildman–Crippen LogP) is 10.0. The summed E-state index contributed by atoms with van der Waals surface area (Å²) in [5.41, 5.74) is 10.1. The minimum absolute atomic E-state index is 0.297. The highest BCUT2D eigenvalue weighted by atomic mass is 15.0. The summed E-state index contributed by atoms with van der Waals surface area (Å²) in [4.78, 5) is 14.6. The molecule has 0 saturated heterocycles. The molecule has 2 heterocycles. The van der Waals surface area contributed by atoms with Crippen LogP contribution in [0.1, 0.15) is 36.1 Å². The van der Waals surface area contributed by atoms with E-state index in [1.165, 1.54) is 22.3 Å². The SMILES string of the molecule is CC1(C)c2ccccc2-c2ccc3c4ccccc4n(-c4cc(C#N)c(-c5nc(-c6ccccc6)nc(-c6ccccc6)n5)cc4C#N)c3c21. The monoisotopic (exact) mass is 640 g/mol. The van der Waals surface area contributed by atoms with E-state index < -0.39 is 0 Å². The molecule has 234 valence electrons. The van der Waals surface area contributed by atoms with E-state index >= 15 is 0 Å². The molecular weight excluding hydrogens is 613 g/mol. The zero-order valence-electron chi connectivity index (χ0n) is 27.4. The second kappa shape index (κ2) is 11.1. The van der Waals surface area contributed by atoms with Gasteiger partial charge in [0.2, 0.25) is 0 Å². The van der Waals surface area contributed by atoms with E-state index in [9.17, 15) is 10.5 Å². The normalized spacial score (nSPS) is 12.7. The van der Waals surface area contributed by atoms with Gasteiger partial charge >= 0.3 is 0 Å². The van der Waals surface area contributed by atoms with Gasteiger partial charge in [0, 0.05) is 32.9 Å². The number of para-hydroxylation sites is 1. The molecule has 1 aliphatic rings. The summed E-state index contributed by atoms with van der Waals surface area (Å²) in [6.45, 7) is 4.53. The second-order valence-electron chi connectivity index (χ2n) is 13.1. The first-order valence-electron chi connectivity index (χ1n) is 16.5. The smallest absolute Gasteiger partial charge is 0.165 e. The first-order chi connectivity index (χ1) is 24.5. The molecule has 0 fully saturated rings. The summed E-state index contributed by atoms with van der Waals surface area (Å²) in [6.07, 6.45) is 0. The molecule has 0 bridgehead atoms. The van der Waals surface area contributed by atoms with Crippen LogP contribution in [0.15, 0.2) is 133 Å². The second-order valence-corrected chi connectivity index (χ2v) is 13.1. The lowest BCUT2D eigenvalue weighted by molar-refractivity contribution is 0.664. The number of nitrogens with zero attached hydrogens (tertiary/aromatic N) is 6. The van der Waals surface area contributed by atoms with E-state index in [0.29, 0.717) is 39.9 Å². The van der Waals surface area contributed by atoms with Crippen LogP contribution in [-0.2, 0) is 5.41 Å². The number of hydrogen-bond acceptors (Lipinski definition) is 5. The largest absolute Gasteiger partial charge is 0.308 e. The average molecular weight is 641 g/mol. The molecule has 0 radical (unpaired) electrons. The van der Waals surface area contributed by atoms with Crippen LogP contribution in [0.25, 0.3) is 72.8 Å². The van der Waals surface area contributed by atoms with Crippen LogP contribution < -0.4 is 0 Å². The molecule has 1 aliphatic carbocycles. The first-order valence-corrected chi connectivity index (χ1v) is 16.5. The van der Waals surface area contributed by atoms with Gasteiger partial charge < -0.3 is 4.57 Å². The third-order valence-corrected chi connectivity index (χ3v) is 9.91. The number of benzene rings is 6. The van der Waals surface area contributed by atoms with Crippen LogP contribution >= 0.6 is 0 Å². The Labute approximate surface area is 289 Å². The van der Waals surface area contributed by atoms with Crippen molar-refractivity contribution >= 4 is 21.8 Å². The van der Waals surface area contributed by atoms with Crippen molar-refractivity contribution in [1.29, 1.82) is 10.5 Å². The zero-order valence-corrected chi connectivity index (χ0v) is 27.4. The molecule has 0 spiro atoms. The third kappa shape index (κ3) is 4.29. The van der Waals surface area contributed by atoms with Gasteiger partial charge in [0.25, 0.3) is 0 Å². The maximum Gasteiger partial charge on any atom is 0.165 e. The lowest BCUT2D eigenvalue weighted by atomic mass is 9.81. The number of fused-ring (bicyclic) bond motifs is 7. The molecule has 0 aliphatic heterocycles. The van der Waals surface area contributed by atoms with Gasteiger partial charge in [-0.3, -0.25) is 0 Å². The highest BCUT2D eigenvalue weighted by molar-refractivity contribution is 6.13. The molecule has 50 heavy (non-hydrogen) atoms. The summed E-state index contributed by atoms with van der Waals surface area (Å²) in [7, 11) is 0. The number of aromatic nitrogens is 4. The Hall–Kier alpha value is -6.89. The average Bonchev–Trinajstić information content (AvgIpc) is 3.63. The number of nitriles is 2. The van der Waals surface area contributed by atoms with Crippen molar-refractivity contribution in [2.75, 3.05) is 0 Å². The molecule has 2 aromatic heterocycles. The first kappa shape index (κ1) is 29.3. The van der Waals surface area contributed by atoms with Crippen LogP contribution in [0.2, 0.25) is 0 Å². The molecule has 6 heteroatoms. The Morgan fingerprint density at radius 2 is 1.14 bits per heavy atom. The molecule has 0 N–H and O–H groups in total. The maximum atomic E-state index is 10.8. The Morgan fingerprint density at radius 1 is 0.540 bits per heavy atom. The summed E-state index contributed by atoms with van der Waals surface area (Å²) >= 11 is 0. The van der Waals surface area contributed by atoms with Crippen molar-refractivity contribution in [1.82, 2.24) is 19.5 Å². The fourth-order valence-electron chi connectivity index (χ4n) is 7.63. The van der Waals surface area contributed by atoms with Gasteiger partial charge in [0.15, 0.2) is 17.5 Å². The van der Waals surface area contributed by atoms with Crippen LogP contribution in [0.3, 0.4) is 0 Å². The van der Waals surface area contributed by atoms with Crippen molar-refractivity contribution in [3.63, 3.8) is 0 Å². The van der Waals surface area contributed by atoms with Gasteiger partial charge in [-0.2, -0.15) is 10.5 Å². The van der Waals surface area contributed by atoms with Gasteiger partial charge in [0.1, 0.15) is 6.07 Å². The number of rotatable bonds is 4. The molecule has 6 aromatic carbocycles. The fraction of sp³-hybridized carbons (Fsp3) is 0.0682. The summed E-state index contributed by atoms with van der Waals surface area (Å²) in [5, 5.41) is 23.7. The number of hydrogen-bond donors (Lipinski definition) is 0. The molecule has 0 amide bonds. The summed E-state index contributed by atoms with van der Waals surface area (Å²) < 4.78 is 2.18. The van der Waals surface area contributed by atoms with Crippen LogP contribution in [0.4, 0.5) is 0 Å². The van der Waals surface area contributed by atoms with Crippen LogP contribution in [-0.4, -0.2) is 19.5 Å². The fourth-order valence-corrected chi connectivity index (χ4v) is 7.63. The molecule has 8 aromatic rings. The van der Waals surface area contributed by atoms with Gasteiger partial charge in [0.05, 0.1) is 33.9 Å². The minimum Gasteiger partial charge on any atom is -0.308 e. The quantitative estimate of drug-likeness (QED) is 0.191. The van der Waals surface area contributed by atoms with Gasteiger partial charge in [-0.25, -0.2) is 15.0 Å². The van der Waals surface area contributed by atoms with Crippen LogP contribution in [0, 0.1) is 22.7 Å². The highest BCUT2D eigenvalue weighted by Gasteiger charge is 2.38. The summed E-state index contributed by atoms with van der Waals surface area (Å²) in [6, 6.07) is 49.2. The highest BCUT2D eigenvalue weighted by Crippen LogP contribution is 2.53. The van der Waals surface area contributed by atoms with E-state index in [1.54, 1.807) is 6.07 Å². The molecule has 0 saturated carbocycles. The van der Waals surface area contributed by atoms with Crippen molar-refractivity contribution in [3.8, 4) is 63.1 Å². The lowest BCUT2D eigenvalue weighted by Crippen LogP contribution is -2.16. The minimum atomic E-state index is -0.297. The van der Waals surface area contributed by atoms with Gasteiger partial charge in [-0.15, -0.1) is 0 Å². The van der Waals surface area contributed by atoms with Crippen molar-refractivity contribution in [2.45, 2.75) is 19.3 Å². The molecule has 6 nitrogen and oxygen atoms in total. The molecular formula is C44H28N6. The van der Waals surface area contributed by atoms with Gasteiger partial charge in [-0.1, -0.05) is 129 Å². The Bertz CT molecular complexity index is 2690.